The van der Waals surface area contributed by atoms with Gasteiger partial charge in [0.1, 0.15) is 11.5 Å². The van der Waals surface area contributed by atoms with Crippen LogP contribution in [0.1, 0.15) is 41.8 Å². The summed E-state index contributed by atoms with van der Waals surface area (Å²) in [6.07, 6.45) is 7.18. The van der Waals surface area contributed by atoms with E-state index in [4.69, 9.17) is 10.5 Å². The van der Waals surface area contributed by atoms with Crippen molar-refractivity contribution in [2.24, 2.45) is 5.73 Å². The number of hydrogen-bond acceptors (Lipinski definition) is 5. The molecule has 0 saturated heterocycles. The zero-order valence-corrected chi connectivity index (χ0v) is 11.4. The van der Waals surface area contributed by atoms with E-state index in [0.29, 0.717) is 10.0 Å². The molecule has 0 radical (unpaired) electrons. The van der Waals surface area contributed by atoms with E-state index >= 15 is 0 Å². The first kappa shape index (κ1) is 14.0. The lowest BCUT2D eigenvalue weighted by Crippen LogP contribution is -2.24. The lowest BCUT2D eigenvalue weighted by molar-refractivity contribution is -0.123. The van der Waals surface area contributed by atoms with Crippen LogP contribution in [0.2, 0.25) is 0 Å². The highest BCUT2D eigenvalue weighted by atomic mass is 32.1. The van der Waals surface area contributed by atoms with Crippen LogP contribution in [0.15, 0.2) is 6.20 Å². The van der Waals surface area contributed by atoms with Crippen LogP contribution in [0.5, 0.6) is 0 Å². The zero-order chi connectivity index (χ0) is 13.7. The molecule has 2 rings (SSSR count). The Morgan fingerprint density at radius 2 is 2.16 bits per heavy atom. The van der Waals surface area contributed by atoms with Gasteiger partial charge in [0.15, 0.2) is 5.13 Å². The smallest absolute Gasteiger partial charge is 0.260 e. The maximum absolute atomic E-state index is 11.6. The van der Waals surface area contributed by atoms with Crippen LogP contribution >= 0.6 is 11.3 Å². The molecule has 6 nitrogen and oxygen atoms in total. The van der Waals surface area contributed by atoms with Crippen LogP contribution in [0, 0.1) is 0 Å². The van der Waals surface area contributed by atoms with E-state index in [1.807, 2.05) is 0 Å². The molecule has 0 aliphatic heterocycles. The molecule has 7 heteroatoms. The van der Waals surface area contributed by atoms with Gasteiger partial charge in [-0.1, -0.05) is 30.6 Å². The molecule has 0 aromatic carbocycles. The number of hydrogen-bond donors (Lipinski definition) is 2. The molecule has 1 aromatic heterocycles. The Hall–Kier alpha value is -1.47. The molecule has 19 heavy (non-hydrogen) atoms. The molecule has 0 spiro atoms. The van der Waals surface area contributed by atoms with Crippen LogP contribution in [0.25, 0.3) is 0 Å². The monoisotopic (exact) mass is 283 g/mol. The Morgan fingerprint density at radius 3 is 2.79 bits per heavy atom. The lowest BCUT2D eigenvalue weighted by atomic mass is 9.98. The fraction of sp³-hybridized carbons (Fsp3) is 0.583. The summed E-state index contributed by atoms with van der Waals surface area (Å²) in [5.74, 6) is -0.799. The number of carbonyl (C=O) groups is 2. The maximum atomic E-state index is 11.6. The van der Waals surface area contributed by atoms with Crippen molar-refractivity contribution >= 4 is 28.3 Å². The number of nitrogens with two attached hydrogens (primary N) is 1. The Kier molecular flexibility index (Phi) is 4.86. The SMILES string of the molecule is NC(=O)c1cnc(NC(=O)COC2CCCCC2)s1. The number of thiazole rings is 1. The quantitative estimate of drug-likeness (QED) is 0.856. The number of carbonyl (C=O) groups excluding carboxylic acids is 2. The average Bonchev–Trinajstić information content (AvgIpc) is 2.86. The summed E-state index contributed by atoms with van der Waals surface area (Å²) in [6.45, 7) is 0.0240. The summed E-state index contributed by atoms with van der Waals surface area (Å²) in [6, 6.07) is 0. The molecule has 104 valence electrons. The van der Waals surface area contributed by atoms with E-state index in [1.54, 1.807) is 0 Å². The second-order valence-corrected chi connectivity index (χ2v) is 5.54. The van der Waals surface area contributed by atoms with E-state index in [2.05, 4.69) is 10.3 Å². The Balaban J connectivity index is 1.75. The highest BCUT2D eigenvalue weighted by Gasteiger charge is 2.16. The third-order valence-electron chi connectivity index (χ3n) is 3.00. The van der Waals surface area contributed by atoms with Crippen molar-refractivity contribution in [3.05, 3.63) is 11.1 Å². The van der Waals surface area contributed by atoms with Crippen molar-refractivity contribution in [1.29, 1.82) is 0 Å². The Labute approximate surface area is 115 Å². The number of nitrogens with zero attached hydrogens (tertiary/aromatic N) is 1. The van der Waals surface area contributed by atoms with E-state index in [-0.39, 0.29) is 18.6 Å². The predicted molar refractivity (Wildman–Crippen MR) is 72.1 cm³/mol. The number of rotatable bonds is 5. The molecule has 0 unspecified atom stereocenters. The van der Waals surface area contributed by atoms with Gasteiger partial charge in [-0.2, -0.15) is 0 Å². The van der Waals surface area contributed by atoms with Crippen LogP contribution in [-0.2, 0) is 9.53 Å². The fourth-order valence-corrected chi connectivity index (χ4v) is 2.71. The fourth-order valence-electron chi connectivity index (χ4n) is 2.03. The molecule has 1 aromatic rings. The standard InChI is InChI=1S/C12H17N3O3S/c13-11(17)9-6-14-12(19-9)15-10(16)7-18-8-4-2-1-3-5-8/h6,8H,1-5,7H2,(H2,13,17)(H,14,15,16). The van der Waals surface area contributed by atoms with Crippen molar-refractivity contribution < 1.29 is 14.3 Å². The maximum Gasteiger partial charge on any atom is 0.260 e. The highest BCUT2D eigenvalue weighted by molar-refractivity contribution is 7.17. The summed E-state index contributed by atoms with van der Waals surface area (Å²) in [5.41, 5.74) is 5.11. The summed E-state index contributed by atoms with van der Waals surface area (Å²) in [5, 5.41) is 2.96. The van der Waals surface area contributed by atoms with Crippen molar-refractivity contribution in [2.75, 3.05) is 11.9 Å². The van der Waals surface area contributed by atoms with Gasteiger partial charge in [-0.05, 0) is 12.8 Å². The minimum Gasteiger partial charge on any atom is -0.368 e. The van der Waals surface area contributed by atoms with Gasteiger partial charge in [-0.3, -0.25) is 14.9 Å². The van der Waals surface area contributed by atoms with Gasteiger partial charge in [0.2, 0.25) is 0 Å². The van der Waals surface area contributed by atoms with Crippen LogP contribution < -0.4 is 11.1 Å². The molecular weight excluding hydrogens is 266 g/mol. The minimum atomic E-state index is -0.545. The molecule has 0 atom stereocenters. The van der Waals surface area contributed by atoms with Gasteiger partial charge in [-0.25, -0.2) is 4.98 Å². The third kappa shape index (κ3) is 4.29. The van der Waals surface area contributed by atoms with Gasteiger partial charge in [-0.15, -0.1) is 0 Å². The number of amides is 2. The summed E-state index contributed by atoms with van der Waals surface area (Å²) in [4.78, 5) is 26.8. The summed E-state index contributed by atoms with van der Waals surface area (Å²) in [7, 11) is 0. The number of nitrogens with one attached hydrogen (secondary N) is 1. The number of ether oxygens (including phenoxy) is 1. The largest absolute Gasteiger partial charge is 0.368 e. The van der Waals surface area contributed by atoms with E-state index in [1.165, 1.54) is 25.5 Å². The van der Waals surface area contributed by atoms with E-state index in [0.717, 1.165) is 24.2 Å². The molecule has 3 N–H and O–H groups in total. The Morgan fingerprint density at radius 1 is 1.42 bits per heavy atom. The van der Waals surface area contributed by atoms with Gasteiger partial charge in [0.25, 0.3) is 11.8 Å². The predicted octanol–water partition coefficient (Wildman–Crippen LogP) is 1.53. The second-order valence-electron chi connectivity index (χ2n) is 4.51. The molecule has 1 aliphatic carbocycles. The minimum absolute atomic E-state index is 0.0240. The molecule has 2 amide bonds. The van der Waals surface area contributed by atoms with Crippen molar-refractivity contribution in [1.82, 2.24) is 4.98 Å². The van der Waals surface area contributed by atoms with E-state index < -0.39 is 5.91 Å². The molecule has 0 bridgehead atoms. The van der Waals surface area contributed by atoms with Crippen molar-refractivity contribution in [3.8, 4) is 0 Å². The first-order valence-corrected chi connectivity index (χ1v) is 7.14. The van der Waals surface area contributed by atoms with Crippen LogP contribution in [0.4, 0.5) is 5.13 Å². The zero-order valence-electron chi connectivity index (χ0n) is 10.6. The molecule has 1 aliphatic rings. The average molecular weight is 283 g/mol. The highest BCUT2D eigenvalue weighted by Crippen LogP contribution is 2.20. The normalized spacial score (nSPS) is 16.2. The molecule has 1 heterocycles. The van der Waals surface area contributed by atoms with Crippen molar-refractivity contribution in [2.45, 2.75) is 38.2 Å². The molecular formula is C12H17N3O3S. The summed E-state index contributed by atoms with van der Waals surface area (Å²) < 4.78 is 5.54. The van der Waals surface area contributed by atoms with Gasteiger partial charge in [0, 0.05) is 0 Å². The lowest BCUT2D eigenvalue weighted by Gasteiger charge is -2.21. The number of aromatic nitrogens is 1. The summed E-state index contributed by atoms with van der Waals surface area (Å²) >= 11 is 1.06. The van der Waals surface area contributed by atoms with Crippen LogP contribution in [0.3, 0.4) is 0 Å². The van der Waals surface area contributed by atoms with Gasteiger partial charge < -0.3 is 10.5 Å². The van der Waals surface area contributed by atoms with E-state index in [9.17, 15) is 9.59 Å². The number of anilines is 1. The second kappa shape index (κ2) is 6.63. The molecule has 1 saturated carbocycles. The first-order valence-electron chi connectivity index (χ1n) is 6.32. The Bertz CT molecular complexity index is 455. The topological polar surface area (TPSA) is 94.3 Å². The first-order chi connectivity index (χ1) is 9.15. The third-order valence-corrected chi connectivity index (χ3v) is 3.92. The van der Waals surface area contributed by atoms with Crippen molar-refractivity contribution in [3.63, 3.8) is 0 Å². The molecule has 1 fully saturated rings. The van der Waals surface area contributed by atoms with Gasteiger partial charge in [0.05, 0.1) is 12.3 Å². The van der Waals surface area contributed by atoms with Gasteiger partial charge >= 0.3 is 0 Å². The number of primary amides is 1. The van der Waals surface area contributed by atoms with Crippen LogP contribution in [-0.4, -0.2) is 29.5 Å².